The Morgan fingerprint density at radius 2 is 1.91 bits per heavy atom. The van der Waals surface area contributed by atoms with Gasteiger partial charge < -0.3 is 8.98 Å². The zero-order valence-corrected chi connectivity index (χ0v) is 18.6. The summed E-state index contributed by atoms with van der Waals surface area (Å²) in [6.07, 6.45) is 3.52. The Hall–Kier alpha value is -3.45. The van der Waals surface area contributed by atoms with Crippen LogP contribution in [0.1, 0.15) is 22.6 Å². The zero-order chi connectivity index (χ0) is 22.1. The van der Waals surface area contributed by atoms with Crippen LogP contribution in [0.15, 0.2) is 76.6 Å². The van der Waals surface area contributed by atoms with Crippen molar-refractivity contribution in [2.45, 2.75) is 31.3 Å². The van der Waals surface area contributed by atoms with E-state index in [2.05, 4.69) is 15.6 Å². The number of aryl methyl sites for hydroxylation is 2. The molecule has 0 unspecified atom stereocenters. The first-order valence-corrected chi connectivity index (χ1v) is 11.3. The van der Waals surface area contributed by atoms with Crippen LogP contribution >= 0.6 is 11.8 Å². The van der Waals surface area contributed by atoms with Gasteiger partial charge >= 0.3 is 0 Å². The number of hydrogen-bond donors (Lipinski definition) is 0. The molecule has 0 radical (unpaired) electrons. The van der Waals surface area contributed by atoms with Gasteiger partial charge in [0.25, 0.3) is 0 Å². The average molecular weight is 445 g/mol. The second-order valence-electron chi connectivity index (χ2n) is 7.62. The number of oxazole rings is 1. The zero-order valence-electron chi connectivity index (χ0n) is 17.7. The van der Waals surface area contributed by atoms with Crippen LogP contribution in [-0.4, -0.2) is 19.5 Å². The van der Waals surface area contributed by atoms with E-state index in [0.29, 0.717) is 23.8 Å². The molecule has 7 heteroatoms. The Balaban J connectivity index is 1.49. The lowest BCUT2D eigenvalue weighted by molar-refractivity contribution is 0.537. The van der Waals surface area contributed by atoms with Crippen molar-refractivity contribution in [3.8, 4) is 11.5 Å². The monoisotopic (exact) mass is 444 g/mol. The molecule has 0 spiro atoms. The van der Waals surface area contributed by atoms with Crippen LogP contribution in [0.5, 0.6) is 0 Å². The van der Waals surface area contributed by atoms with Gasteiger partial charge in [0.05, 0.1) is 23.8 Å². The van der Waals surface area contributed by atoms with Gasteiger partial charge in [-0.2, -0.15) is 0 Å². The number of benzene rings is 2. The third kappa shape index (κ3) is 4.03. The Labute approximate surface area is 189 Å². The van der Waals surface area contributed by atoms with Crippen molar-refractivity contribution in [1.82, 2.24) is 19.5 Å². The number of nitrogens with zero attached hydrogens (tertiary/aromatic N) is 4. The highest BCUT2D eigenvalue weighted by Gasteiger charge is 2.17. The molecule has 3 heterocycles. The Morgan fingerprint density at radius 3 is 2.75 bits per heavy atom. The molecular formula is C25H21FN4OS. The summed E-state index contributed by atoms with van der Waals surface area (Å²) in [5.41, 5.74) is 5.33. The summed E-state index contributed by atoms with van der Waals surface area (Å²) in [6.45, 7) is 4.46. The summed E-state index contributed by atoms with van der Waals surface area (Å²) in [4.78, 5) is 13.8. The van der Waals surface area contributed by atoms with Crippen molar-refractivity contribution in [3.05, 3.63) is 95.4 Å². The average Bonchev–Trinajstić information content (AvgIpc) is 3.34. The number of thioether (sulfide) groups is 1. The van der Waals surface area contributed by atoms with Crippen molar-refractivity contribution in [2.75, 3.05) is 0 Å². The molecule has 0 amide bonds. The molecule has 5 aromatic rings. The Kier molecular flexibility index (Phi) is 5.49. The van der Waals surface area contributed by atoms with E-state index in [1.807, 2.05) is 44.2 Å². The maximum atomic E-state index is 14.1. The first-order valence-electron chi connectivity index (χ1n) is 10.3. The highest BCUT2D eigenvalue weighted by molar-refractivity contribution is 7.98. The molecule has 0 saturated heterocycles. The van der Waals surface area contributed by atoms with Crippen LogP contribution in [0.25, 0.3) is 22.5 Å². The van der Waals surface area contributed by atoms with Gasteiger partial charge in [0, 0.05) is 17.5 Å². The second kappa shape index (κ2) is 8.59. The standard InChI is InChI=1S/C25H21FN4OS/c1-16-6-5-8-18(12-16)24-28-22(17(2)31-24)14-30-23-13-27-11-10-21(23)29-25(30)32-15-19-7-3-4-9-20(19)26/h3-13H,14-15H2,1-2H3. The number of rotatable bonds is 6. The summed E-state index contributed by atoms with van der Waals surface area (Å²) >= 11 is 1.50. The normalized spacial score (nSPS) is 11.3. The van der Waals surface area contributed by atoms with Gasteiger partial charge in [-0.05, 0) is 43.7 Å². The molecule has 3 aromatic heterocycles. The summed E-state index contributed by atoms with van der Waals surface area (Å²) in [5, 5.41) is 0.788. The molecule has 0 aliphatic heterocycles. The van der Waals surface area contributed by atoms with E-state index < -0.39 is 0 Å². The third-order valence-corrected chi connectivity index (χ3v) is 6.32. The lowest BCUT2D eigenvalue weighted by atomic mass is 10.1. The minimum absolute atomic E-state index is 0.209. The van der Waals surface area contributed by atoms with Crippen LogP contribution in [0.4, 0.5) is 4.39 Å². The fourth-order valence-corrected chi connectivity index (χ4v) is 4.59. The SMILES string of the molecule is Cc1cccc(-c2nc(Cn3c(SCc4ccccc4F)nc4ccncc43)c(C)o2)c1. The largest absolute Gasteiger partial charge is 0.441 e. The van der Waals surface area contributed by atoms with E-state index in [4.69, 9.17) is 14.4 Å². The Bertz CT molecular complexity index is 1410. The van der Waals surface area contributed by atoms with E-state index in [0.717, 1.165) is 38.8 Å². The van der Waals surface area contributed by atoms with Crippen LogP contribution in [0, 0.1) is 19.7 Å². The van der Waals surface area contributed by atoms with Gasteiger partial charge in [0.1, 0.15) is 17.3 Å². The lowest BCUT2D eigenvalue weighted by Gasteiger charge is -2.08. The van der Waals surface area contributed by atoms with E-state index in [-0.39, 0.29) is 5.82 Å². The van der Waals surface area contributed by atoms with Gasteiger partial charge in [-0.15, -0.1) is 0 Å². The number of imidazole rings is 1. The first-order chi connectivity index (χ1) is 15.6. The van der Waals surface area contributed by atoms with Crippen LogP contribution in [0.3, 0.4) is 0 Å². The number of hydrogen-bond acceptors (Lipinski definition) is 5. The summed E-state index contributed by atoms with van der Waals surface area (Å²) < 4.78 is 22.2. The quantitative estimate of drug-likeness (QED) is 0.293. The van der Waals surface area contributed by atoms with Crippen molar-refractivity contribution in [2.24, 2.45) is 0 Å². The van der Waals surface area contributed by atoms with Crippen molar-refractivity contribution < 1.29 is 8.81 Å². The smallest absolute Gasteiger partial charge is 0.226 e. The van der Waals surface area contributed by atoms with Gasteiger partial charge in [-0.3, -0.25) is 4.98 Å². The van der Waals surface area contributed by atoms with Crippen LogP contribution < -0.4 is 0 Å². The van der Waals surface area contributed by atoms with Gasteiger partial charge in [0.2, 0.25) is 5.89 Å². The predicted octanol–water partition coefficient (Wildman–Crippen LogP) is 6.18. The highest BCUT2D eigenvalue weighted by atomic mass is 32.2. The second-order valence-corrected chi connectivity index (χ2v) is 8.56. The number of halogens is 1. The maximum Gasteiger partial charge on any atom is 0.226 e. The molecule has 0 N–H and O–H groups in total. The fraction of sp³-hybridized carbons (Fsp3) is 0.160. The molecule has 5 rings (SSSR count). The molecular weight excluding hydrogens is 423 g/mol. The minimum Gasteiger partial charge on any atom is -0.441 e. The molecule has 32 heavy (non-hydrogen) atoms. The lowest BCUT2D eigenvalue weighted by Crippen LogP contribution is -2.04. The van der Waals surface area contributed by atoms with E-state index in [9.17, 15) is 4.39 Å². The van der Waals surface area contributed by atoms with Crippen molar-refractivity contribution in [1.29, 1.82) is 0 Å². The topological polar surface area (TPSA) is 56.7 Å². The molecule has 5 nitrogen and oxygen atoms in total. The fourth-order valence-electron chi connectivity index (χ4n) is 3.59. The number of fused-ring (bicyclic) bond motifs is 1. The third-order valence-electron chi connectivity index (χ3n) is 5.30. The molecule has 0 aliphatic carbocycles. The molecule has 2 aromatic carbocycles. The van der Waals surface area contributed by atoms with E-state index >= 15 is 0 Å². The first kappa shape index (κ1) is 20.5. The van der Waals surface area contributed by atoms with Gasteiger partial charge in [-0.25, -0.2) is 14.4 Å². The number of pyridine rings is 1. The molecule has 0 fully saturated rings. The van der Waals surface area contributed by atoms with Crippen molar-refractivity contribution in [3.63, 3.8) is 0 Å². The summed E-state index contributed by atoms with van der Waals surface area (Å²) in [5.74, 6) is 1.64. The molecule has 0 bridgehead atoms. The van der Waals surface area contributed by atoms with E-state index in [1.165, 1.54) is 17.8 Å². The highest BCUT2D eigenvalue weighted by Crippen LogP contribution is 2.29. The van der Waals surface area contributed by atoms with E-state index in [1.54, 1.807) is 24.5 Å². The van der Waals surface area contributed by atoms with Gasteiger partial charge in [0.15, 0.2) is 5.16 Å². The molecule has 0 saturated carbocycles. The van der Waals surface area contributed by atoms with Crippen molar-refractivity contribution >= 4 is 22.8 Å². The number of aromatic nitrogens is 4. The van der Waals surface area contributed by atoms with Crippen LogP contribution in [-0.2, 0) is 12.3 Å². The molecule has 0 atom stereocenters. The molecule has 160 valence electrons. The Morgan fingerprint density at radius 1 is 1.03 bits per heavy atom. The maximum absolute atomic E-state index is 14.1. The van der Waals surface area contributed by atoms with Gasteiger partial charge in [-0.1, -0.05) is 47.7 Å². The van der Waals surface area contributed by atoms with Crippen LogP contribution in [0.2, 0.25) is 0 Å². The minimum atomic E-state index is -0.209. The summed E-state index contributed by atoms with van der Waals surface area (Å²) in [6, 6.07) is 16.8. The predicted molar refractivity (Wildman–Crippen MR) is 124 cm³/mol. The summed E-state index contributed by atoms with van der Waals surface area (Å²) in [7, 11) is 0. The molecule has 0 aliphatic rings.